The van der Waals surface area contributed by atoms with Gasteiger partial charge in [-0.05, 0) is 32.1 Å². The van der Waals surface area contributed by atoms with Gasteiger partial charge in [-0.15, -0.1) is 0 Å². The highest BCUT2D eigenvalue weighted by molar-refractivity contribution is 5.78. The Morgan fingerprint density at radius 2 is 1.62 bits per heavy atom. The van der Waals surface area contributed by atoms with Gasteiger partial charge in [-0.25, -0.2) is 0 Å². The van der Waals surface area contributed by atoms with E-state index in [1.165, 1.54) is 0 Å². The Morgan fingerprint density at radius 3 is 2.46 bits per heavy atom. The van der Waals surface area contributed by atoms with E-state index in [0.717, 1.165) is 44.9 Å². The second kappa shape index (κ2) is 6.64. The van der Waals surface area contributed by atoms with Gasteiger partial charge < -0.3 is 0 Å². The van der Waals surface area contributed by atoms with Gasteiger partial charge in [0.15, 0.2) is 0 Å². The lowest BCUT2D eigenvalue weighted by atomic mass is 10.1. The van der Waals surface area contributed by atoms with E-state index >= 15 is 0 Å². The van der Waals surface area contributed by atoms with Crippen molar-refractivity contribution >= 4 is 5.78 Å². The van der Waals surface area contributed by atoms with E-state index in [4.69, 9.17) is 0 Å². The number of Topliss-reactive ketones (excluding diaryl/α,β-unsaturated/α-hetero) is 1. The molecule has 0 atom stereocenters. The average molecular weight is 178 g/mol. The first kappa shape index (κ1) is 10.2. The van der Waals surface area contributed by atoms with Crippen molar-refractivity contribution in [3.05, 3.63) is 24.3 Å². The Labute approximate surface area is 80.5 Å². The van der Waals surface area contributed by atoms with Gasteiger partial charge in [-0.3, -0.25) is 4.79 Å². The Bertz CT molecular complexity index is 201. The van der Waals surface area contributed by atoms with Gasteiger partial charge in [-0.2, -0.15) is 0 Å². The van der Waals surface area contributed by atoms with Crippen LogP contribution in [0.2, 0.25) is 0 Å². The lowest BCUT2D eigenvalue weighted by molar-refractivity contribution is -0.119. The number of ketones is 1. The molecule has 0 bridgehead atoms. The normalized spacial score (nSPS) is 25.7. The monoisotopic (exact) mass is 178 g/mol. The summed E-state index contributed by atoms with van der Waals surface area (Å²) in [6.07, 6.45) is 15.5. The zero-order chi connectivity index (χ0) is 9.36. The number of carbonyl (C=O) groups is 1. The first-order chi connectivity index (χ1) is 6.39. The van der Waals surface area contributed by atoms with Crippen LogP contribution in [-0.2, 0) is 4.79 Å². The van der Waals surface area contributed by atoms with E-state index in [0.29, 0.717) is 5.78 Å². The van der Waals surface area contributed by atoms with E-state index in [1.807, 2.05) is 0 Å². The van der Waals surface area contributed by atoms with Crippen LogP contribution in [0, 0.1) is 0 Å². The summed E-state index contributed by atoms with van der Waals surface area (Å²) in [6, 6.07) is 0. The van der Waals surface area contributed by atoms with Crippen molar-refractivity contribution in [1.29, 1.82) is 0 Å². The fraction of sp³-hybridized carbons (Fsp3) is 0.583. The molecular weight excluding hydrogens is 160 g/mol. The predicted octanol–water partition coefficient (Wildman–Crippen LogP) is 3.41. The summed E-state index contributed by atoms with van der Waals surface area (Å²) in [5, 5.41) is 0. The zero-order valence-corrected chi connectivity index (χ0v) is 8.17. The van der Waals surface area contributed by atoms with Crippen LogP contribution in [0.4, 0.5) is 0 Å². The summed E-state index contributed by atoms with van der Waals surface area (Å²) in [4.78, 5) is 11.2. The minimum Gasteiger partial charge on any atom is -0.300 e. The summed E-state index contributed by atoms with van der Waals surface area (Å²) >= 11 is 0. The van der Waals surface area contributed by atoms with E-state index in [-0.39, 0.29) is 0 Å². The molecule has 0 aromatic carbocycles. The maximum Gasteiger partial charge on any atom is 0.133 e. The van der Waals surface area contributed by atoms with Gasteiger partial charge in [0.1, 0.15) is 5.78 Å². The molecule has 0 aromatic rings. The van der Waals surface area contributed by atoms with E-state index in [1.54, 1.807) is 0 Å². The minimum absolute atomic E-state index is 0.425. The van der Waals surface area contributed by atoms with Gasteiger partial charge in [-0.1, -0.05) is 24.3 Å². The lowest BCUT2D eigenvalue weighted by Crippen LogP contribution is -1.96. The maximum absolute atomic E-state index is 11.2. The molecule has 0 aliphatic heterocycles. The highest BCUT2D eigenvalue weighted by Gasteiger charge is 1.99. The van der Waals surface area contributed by atoms with E-state index in [9.17, 15) is 4.79 Å². The quantitative estimate of drug-likeness (QED) is 0.519. The van der Waals surface area contributed by atoms with Crippen molar-refractivity contribution in [2.45, 2.75) is 44.9 Å². The van der Waals surface area contributed by atoms with Crippen molar-refractivity contribution in [2.75, 3.05) is 0 Å². The molecule has 1 nitrogen and oxygen atoms in total. The van der Waals surface area contributed by atoms with Crippen LogP contribution in [0.5, 0.6) is 0 Å². The van der Waals surface area contributed by atoms with Crippen LogP contribution in [0.1, 0.15) is 44.9 Å². The summed E-state index contributed by atoms with van der Waals surface area (Å²) in [5.41, 5.74) is 0. The molecule has 0 radical (unpaired) electrons. The van der Waals surface area contributed by atoms with Crippen LogP contribution in [-0.4, -0.2) is 5.78 Å². The van der Waals surface area contributed by atoms with Gasteiger partial charge in [0.05, 0.1) is 0 Å². The van der Waals surface area contributed by atoms with Gasteiger partial charge >= 0.3 is 0 Å². The largest absolute Gasteiger partial charge is 0.300 e. The fourth-order valence-electron chi connectivity index (χ4n) is 1.46. The fourth-order valence-corrected chi connectivity index (χ4v) is 1.46. The van der Waals surface area contributed by atoms with Crippen LogP contribution in [0.15, 0.2) is 24.3 Å². The highest BCUT2D eigenvalue weighted by Crippen LogP contribution is 2.07. The molecule has 1 heteroatoms. The molecule has 0 heterocycles. The molecule has 0 fully saturated rings. The molecule has 0 saturated carbocycles. The Kier molecular flexibility index (Phi) is 5.23. The summed E-state index contributed by atoms with van der Waals surface area (Å²) in [5.74, 6) is 0.425. The van der Waals surface area contributed by atoms with Crippen LogP contribution in [0.25, 0.3) is 0 Å². The minimum atomic E-state index is 0.425. The third kappa shape index (κ3) is 5.40. The van der Waals surface area contributed by atoms with E-state index in [2.05, 4.69) is 24.3 Å². The second-order valence-corrected chi connectivity index (χ2v) is 3.50. The number of carbonyl (C=O) groups excluding carboxylic acids is 1. The van der Waals surface area contributed by atoms with Crippen molar-refractivity contribution < 1.29 is 4.79 Å². The Hall–Kier alpha value is -0.850. The van der Waals surface area contributed by atoms with Crippen molar-refractivity contribution in [2.24, 2.45) is 0 Å². The SMILES string of the molecule is O=C1CC/C=C\C/C=C\CCCC1. The molecule has 13 heavy (non-hydrogen) atoms. The lowest BCUT2D eigenvalue weighted by Gasteiger charge is -1.99. The molecule has 0 saturated heterocycles. The molecule has 0 aromatic heterocycles. The third-order valence-corrected chi connectivity index (χ3v) is 2.27. The van der Waals surface area contributed by atoms with Crippen molar-refractivity contribution in [3.63, 3.8) is 0 Å². The molecule has 72 valence electrons. The predicted molar refractivity (Wildman–Crippen MR) is 55.6 cm³/mol. The van der Waals surface area contributed by atoms with Crippen LogP contribution < -0.4 is 0 Å². The van der Waals surface area contributed by atoms with Gasteiger partial charge in [0.25, 0.3) is 0 Å². The van der Waals surface area contributed by atoms with Gasteiger partial charge in [0, 0.05) is 12.8 Å². The maximum atomic E-state index is 11.2. The van der Waals surface area contributed by atoms with Crippen LogP contribution in [0.3, 0.4) is 0 Å². The number of rotatable bonds is 0. The summed E-state index contributed by atoms with van der Waals surface area (Å²) in [6.45, 7) is 0. The molecule has 1 aliphatic carbocycles. The molecule has 0 spiro atoms. The topological polar surface area (TPSA) is 17.1 Å². The first-order valence-corrected chi connectivity index (χ1v) is 5.21. The molecular formula is C12H18O. The van der Waals surface area contributed by atoms with Crippen molar-refractivity contribution in [3.8, 4) is 0 Å². The standard InChI is InChI=1S/C12H18O/c13-12-10-8-6-4-2-1-3-5-7-9-11-12/h1-2,5,7H,3-4,6,8-11H2/b2-1-,7-5-. The van der Waals surface area contributed by atoms with Crippen molar-refractivity contribution in [1.82, 2.24) is 0 Å². The molecule has 1 rings (SSSR count). The van der Waals surface area contributed by atoms with Gasteiger partial charge in [0.2, 0.25) is 0 Å². The second-order valence-electron chi connectivity index (χ2n) is 3.50. The first-order valence-electron chi connectivity index (χ1n) is 5.21. The Morgan fingerprint density at radius 1 is 0.846 bits per heavy atom. The Balaban J connectivity index is 2.33. The van der Waals surface area contributed by atoms with E-state index < -0.39 is 0 Å². The summed E-state index contributed by atoms with van der Waals surface area (Å²) in [7, 11) is 0. The number of allylic oxidation sites excluding steroid dienone is 4. The zero-order valence-electron chi connectivity index (χ0n) is 8.17. The molecule has 0 unspecified atom stereocenters. The van der Waals surface area contributed by atoms with Crippen LogP contribution >= 0.6 is 0 Å². The number of hydrogen-bond acceptors (Lipinski definition) is 1. The number of hydrogen-bond donors (Lipinski definition) is 0. The summed E-state index contributed by atoms with van der Waals surface area (Å²) < 4.78 is 0. The molecule has 0 amide bonds. The smallest absolute Gasteiger partial charge is 0.133 e. The average Bonchev–Trinajstić information content (AvgIpc) is 2.11. The third-order valence-electron chi connectivity index (χ3n) is 2.27. The molecule has 0 N–H and O–H groups in total. The molecule has 1 aliphatic rings. The highest BCUT2D eigenvalue weighted by atomic mass is 16.1.